The number of carbonyl (C=O) groups excluding carboxylic acids is 1. The minimum absolute atomic E-state index is 0.132. The van der Waals surface area contributed by atoms with Crippen LogP contribution in [0.5, 0.6) is 0 Å². The lowest BCUT2D eigenvalue weighted by molar-refractivity contribution is 0.0694. The van der Waals surface area contributed by atoms with Crippen LogP contribution in [0, 0.1) is 12.8 Å². The van der Waals surface area contributed by atoms with Gasteiger partial charge in [0.25, 0.3) is 5.91 Å². The lowest BCUT2D eigenvalue weighted by Gasteiger charge is -2.27. The first-order valence-corrected chi connectivity index (χ1v) is 6.99. The third-order valence-corrected chi connectivity index (χ3v) is 3.82. The first-order chi connectivity index (χ1) is 9.47. The summed E-state index contributed by atoms with van der Waals surface area (Å²) in [6, 6.07) is 3.11. The summed E-state index contributed by atoms with van der Waals surface area (Å²) < 4.78 is 0. The predicted octanol–water partition coefficient (Wildman–Crippen LogP) is 2.40. The highest BCUT2D eigenvalue weighted by molar-refractivity contribution is 5.94. The van der Waals surface area contributed by atoms with E-state index in [-0.39, 0.29) is 23.2 Å². The smallest absolute Gasteiger partial charge is 0.337 e. The van der Waals surface area contributed by atoms with Crippen molar-refractivity contribution in [3.63, 3.8) is 0 Å². The van der Waals surface area contributed by atoms with Gasteiger partial charge in [-0.15, -0.1) is 0 Å². The Balaban J connectivity index is 2.05. The van der Waals surface area contributed by atoms with Crippen LogP contribution in [0.3, 0.4) is 0 Å². The summed E-state index contributed by atoms with van der Waals surface area (Å²) in [6.07, 6.45) is 4.35. The van der Waals surface area contributed by atoms with Crippen LogP contribution in [-0.2, 0) is 0 Å². The molecule has 1 aromatic heterocycles. The number of hydrogen-bond donors (Lipinski definition) is 2. The topological polar surface area (TPSA) is 79.3 Å². The van der Waals surface area contributed by atoms with Gasteiger partial charge in [-0.05, 0) is 37.8 Å². The maximum absolute atomic E-state index is 12.1. The molecule has 0 aliphatic heterocycles. The largest absolute Gasteiger partial charge is 0.478 e. The molecule has 108 valence electrons. The van der Waals surface area contributed by atoms with Gasteiger partial charge in [0.15, 0.2) is 0 Å². The Morgan fingerprint density at radius 1 is 1.35 bits per heavy atom. The van der Waals surface area contributed by atoms with E-state index in [9.17, 15) is 9.59 Å². The first kappa shape index (κ1) is 14.5. The average molecular weight is 276 g/mol. The molecule has 1 fully saturated rings. The van der Waals surface area contributed by atoms with E-state index in [1.54, 1.807) is 6.92 Å². The first-order valence-electron chi connectivity index (χ1n) is 6.99. The summed E-state index contributed by atoms with van der Waals surface area (Å²) in [4.78, 5) is 27.1. The highest BCUT2D eigenvalue weighted by Gasteiger charge is 2.21. The van der Waals surface area contributed by atoms with Crippen molar-refractivity contribution in [2.75, 3.05) is 0 Å². The van der Waals surface area contributed by atoms with Gasteiger partial charge in [-0.25, -0.2) is 9.78 Å². The second kappa shape index (κ2) is 6.03. The molecule has 0 bridgehead atoms. The maximum atomic E-state index is 12.1. The van der Waals surface area contributed by atoms with E-state index >= 15 is 0 Å². The summed E-state index contributed by atoms with van der Waals surface area (Å²) >= 11 is 0. The van der Waals surface area contributed by atoms with E-state index in [1.807, 2.05) is 0 Å². The monoisotopic (exact) mass is 276 g/mol. The van der Waals surface area contributed by atoms with Crippen molar-refractivity contribution in [1.82, 2.24) is 10.3 Å². The fourth-order valence-corrected chi connectivity index (χ4v) is 2.74. The molecule has 20 heavy (non-hydrogen) atoms. The van der Waals surface area contributed by atoms with E-state index in [0.717, 1.165) is 19.3 Å². The number of pyridine rings is 1. The molecular weight excluding hydrogens is 256 g/mol. The summed E-state index contributed by atoms with van der Waals surface area (Å²) in [7, 11) is 0. The molecule has 5 nitrogen and oxygen atoms in total. The molecule has 0 spiro atoms. The normalized spacial score (nSPS) is 22.3. The zero-order chi connectivity index (χ0) is 14.7. The Labute approximate surface area is 118 Å². The van der Waals surface area contributed by atoms with Crippen LogP contribution in [0.4, 0.5) is 0 Å². The summed E-state index contributed by atoms with van der Waals surface area (Å²) in [5.41, 5.74) is 0.778. The fourth-order valence-electron chi connectivity index (χ4n) is 2.74. The Kier molecular flexibility index (Phi) is 4.37. The molecule has 1 aliphatic carbocycles. The maximum Gasteiger partial charge on any atom is 0.337 e. The SMILES string of the molecule is Cc1nc(C(=O)NC2CCCC(C)C2)ccc1C(=O)O. The van der Waals surface area contributed by atoms with Gasteiger partial charge in [0.1, 0.15) is 5.69 Å². The number of carboxylic acids is 1. The molecule has 2 atom stereocenters. The highest BCUT2D eigenvalue weighted by Crippen LogP contribution is 2.23. The third kappa shape index (κ3) is 3.35. The van der Waals surface area contributed by atoms with Crippen LogP contribution in [-0.4, -0.2) is 28.0 Å². The average Bonchev–Trinajstić information content (AvgIpc) is 2.38. The molecule has 0 radical (unpaired) electrons. The second-order valence-corrected chi connectivity index (χ2v) is 5.58. The molecule has 1 aliphatic rings. The van der Waals surface area contributed by atoms with Crippen molar-refractivity contribution in [3.05, 3.63) is 29.1 Å². The van der Waals surface area contributed by atoms with E-state index in [1.165, 1.54) is 18.6 Å². The second-order valence-electron chi connectivity index (χ2n) is 5.58. The van der Waals surface area contributed by atoms with E-state index in [0.29, 0.717) is 11.6 Å². The number of aromatic nitrogens is 1. The highest BCUT2D eigenvalue weighted by atomic mass is 16.4. The lowest BCUT2D eigenvalue weighted by atomic mass is 9.87. The Hall–Kier alpha value is -1.91. The fraction of sp³-hybridized carbons (Fsp3) is 0.533. The van der Waals surface area contributed by atoms with Crippen LogP contribution in [0.1, 0.15) is 59.1 Å². The standard InChI is InChI=1S/C15H20N2O3/c1-9-4-3-5-11(8-9)17-14(18)13-7-6-12(15(19)20)10(2)16-13/h6-7,9,11H,3-5,8H2,1-2H3,(H,17,18)(H,19,20). The molecule has 1 aromatic rings. The Morgan fingerprint density at radius 2 is 2.10 bits per heavy atom. The van der Waals surface area contributed by atoms with Gasteiger partial charge < -0.3 is 10.4 Å². The number of carboxylic acid groups (broad SMARTS) is 1. The van der Waals surface area contributed by atoms with E-state index in [2.05, 4.69) is 17.2 Å². The van der Waals surface area contributed by atoms with Gasteiger partial charge in [0, 0.05) is 6.04 Å². The zero-order valence-corrected chi connectivity index (χ0v) is 11.8. The van der Waals surface area contributed by atoms with Gasteiger partial charge in [-0.2, -0.15) is 0 Å². The zero-order valence-electron chi connectivity index (χ0n) is 11.8. The summed E-state index contributed by atoms with van der Waals surface area (Å²) in [6.45, 7) is 3.80. The van der Waals surface area contributed by atoms with Crippen molar-refractivity contribution in [3.8, 4) is 0 Å². The number of rotatable bonds is 3. The molecule has 2 rings (SSSR count). The number of aryl methyl sites for hydroxylation is 1. The molecule has 1 amide bonds. The molecule has 0 aromatic carbocycles. The number of amides is 1. The van der Waals surface area contributed by atoms with E-state index < -0.39 is 5.97 Å². The summed E-state index contributed by atoms with van der Waals surface area (Å²) in [5, 5.41) is 11.9. The number of nitrogens with one attached hydrogen (secondary N) is 1. The van der Waals surface area contributed by atoms with Crippen LogP contribution in [0.25, 0.3) is 0 Å². The van der Waals surface area contributed by atoms with Crippen molar-refractivity contribution < 1.29 is 14.7 Å². The van der Waals surface area contributed by atoms with Gasteiger partial charge in [0.05, 0.1) is 11.3 Å². The number of hydrogen-bond acceptors (Lipinski definition) is 3. The Bertz CT molecular complexity index is 528. The van der Waals surface area contributed by atoms with Gasteiger partial charge in [-0.1, -0.05) is 19.8 Å². The van der Waals surface area contributed by atoms with Gasteiger partial charge in [-0.3, -0.25) is 4.79 Å². The Morgan fingerprint density at radius 3 is 2.70 bits per heavy atom. The minimum atomic E-state index is -1.02. The lowest BCUT2D eigenvalue weighted by Crippen LogP contribution is -2.38. The summed E-state index contributed by atoms with van der Waals surface area (Å²) in [5.74, 6) is -0.606. The molecule has 0 saturated heterocycles. The number of aromatic carboxylic acids is 1. The predicted molar refractivity (Wildman–Crippen MR) is 74.8 cm³/mol. The minimum Gasteiger partial charge on any atom is -0.478 e. The van der Waals surface area contributed by atoms with Crippen molar-refractivity contribution >= 4 is 11.9 Å². The molecule has 1 saturated carbocycles. The van der Waals surface area contributed by atoms with Crippen molar-refractivity contribution in [1.29, 1.82) is 0 Å². The van der Waals surface area contributed by atoms with Gasteiger partial charge >= 0.3 is 5.97 Å². The molecule has 2 unspecified atom stereocenters. The third-order valence-electron chi connectivity index (χ3n) is 3.82. The number of nitrogens with zero attached hydrogens (tertiary/aromatic N) is 1. The van der Waals surface area contributed by atoms with Gasteiger partial charge in [0.2, 0.25) is 0 Å². The van der Waals surface area contributed by atoms with Crippen molar-refractivity contribution in [2.45, 2.75) is 45.6 Å². The molecule has 5 heteroatoms. The van der Waals surface area contributed by atoms with Crippen LogP contribution >= 0.6 is 0 Å². The molecular formula is C15H20N2O3. The van der Waals surface area contributed by atoms with Crippen LogP contribution < -0.4 is 5.32 Å². The van der Waals surface area contributed by atoms with Crippen LogP contribution in [0.2, 0.25) is 0 Å². The van der Waals surface area contributed by atoms with E-state index in [4.69, 9.17) is 5.11 Å². The number of carbonyl (C=O) groups is 2. The van der Waals surface area contributed by atoms with Crippen molar-refractivity contribution in [2.24, 2.45) is 5.92 Å². The molecule has 2 N–H and O–H groups in total. The van der Waals surface area contributed by atoms with Crippen LogP contribution in [0.15, 0.2) is 12.1 Å². The molecule has 1 heterocycles. The quantitative estimate of drug-likeness (QED) is 0.888.